The lowest BCUT2D eigenvalue weighted by Gasteiger charge is -2.12. The lowest BCUT2D eigenvalue weighted by molar-refractivity contribution is -0.138. The lowest BCUT2D eigenvalue weighted by Crippen LogP contribution is -2.15. The molecule has 1 unspecified atom stereocenters. The lowest BCUT2D eigenvalue weighted by atomic mass is 9.99. The van der Waals surface area contributed by atoms with Gasteiger partial charge in [-0.2, -0.15) is 0 Å². The molecular formula is C19H21NO3. The van der Waals surface area contributed by atoms with E-state index < -0.39 is 11.9 Å². The number of benzene rings is 2. The summed E-state index contributed by atoms with van der Waals surface area (Å²) in [4.78, 5) is 23.5. The molecule has 0 aliphatic heterocycles. The average Bonchev–Trinajstić information content (AvgIpc) is 2.46. The highest BCUT2D eigenvalue weighted by Crippen LogP contribution is 2.21. The summed E-state index contributed by atoms with van der Waals surface area (Å²) in [6.07, 6.45) is 0. The summed E-state index contributed by atoms with van der Waals surface area (Å²) >= 11 is 0. The summed E-state index contributed by atoms with van der Waals surface area (Å²) in [6.45, 7) is 7.48. The van der Waals surface area contributed by atoms with Gasteiger partial charge in [0.1, 0.15) is 0 Å². The molecule has 120 valence electrons. The number of rotatable bonds is 4. The van der Waals surface area contributed by atoms with Crippen LogP contribution in [-0.4, -0.2) is 17.0 Å². The van der Waals surface area contributed by atoms with E-state index in [-0.39, 0.29) is 5.91 Å². The van der Waals surface area contributed by atoms with Crippen molar-refractivity contribution in [3.05, 3.63) is 64.2 Å². The molecular weight excluding hydrogens is 290 g/mol. The summed E-state index contributed by atoms with van der Waals surface area (Å²) in [7, 11) is 0. The summed E-state index contributed by atoms with van der Waals surface area (Å²) < 4.78 is 0. The Morgan fingerprint density at radius 3 is 2.00 bits per heavy atom. The van der Waals surface area contributed by atoms with Crippen LogP contribution in [0.5, 0.6) is 0 Å². The molecule has 0 aliphatic rings. The van der Waals surface area contributed by atoms with Crippen molar-refractivity contribution in [2.75, 3.05) is 5.32 Å². The van der Waals surface area contributed by atoms with Crippen LogP contribution in [-0.2, 0) is 4.79 Å². The van der Waals surface area contributed by atoms with E-state index in [9.17, 15) is 9.59 Å². The van der Waals surface area contributed by atoms with Crippen molar-refractivity contribution >= 4 is 17.6 Å². The summed E-state index contributed by atoms with van der Waals surface area (Å²) in [5, 5.41) is 11.9. The number of carbonyl (C=O) groups is 2. The number of hydrogen-bond donors (Lipinski definition) is 2. The topological polar surface area (TPSA) is 66.4 Å². The van der Waals surface area contributed by atoms with Crippen LogP contribution in [0.1, 0.15) is 45.5 Å². The van der Waals surface area contributed by atoms with E-state index in [4.69, 9.17) is 5.11 Å². The number of anilines is 1. The average molecular weight is 311 g/mol. The van der Waals surface area contributed by atoms with E-state index in [0.29, 0.717) is 16.8 Å². The fourth-order valence-electron chi connectivity index (χ4n) is 2.73. The van der Waals surface area contributed by atoms with Gasteiger partial charge in [-0.05, 0) is 56.5 Å². The maximum atomic E-state index is 12.5. The van der Waals surface area contributed by atoms with Gasteiger partial charge in [0.2, 0.25) is 0 Å². The number of nitrogens with one attached hydrogen (secondary N) is 1. The van der Waals surface area contributed by atoms with Crippen LogP contribution in [0.2, 0.25) is 0 Å². The monoisotopic (exact) mass is 311 g/mol. The second-order valence-corrected chi connectivity index (χ2v) is 5.91. The van der Waals surface area contributed by atoms with Crippen LogP contribution in [0.4, 0.5) is 5.69 Å². The third-order valence-electron chi connectivity index (χ3n) is 3.94. The molecule has 0 bridgehead atoms. The minimum absolute atomic E-state index is 0.154. The van der Waals surface area contributed by atoms with E-state index >= 15 is 0 Å². The molecule has 2 rings (SSSR count). The van der Waals surface area contributed by atoms with Crippen LogP contribution in [0.3, 0.4) is 0 Å². The van der Waals surface area contributed by atoms with Gasteiger partial charge in [-0.3, -0.25) is 9.59 Å². The van der Waals surface area contributed by atoms with Gasteiger partial charge >= 0.3 is 5.97 Å². The van der Waals surface area contributed by atoms with Crippen molar-refractivity contribution in [2.45, 2.75) is 33.6 Å². The smallest absolute Gasteiger partial charge is 0.310 e. The molecule has 0 heterocycles. The molecule has 1 amide bonds. The highest BCUT2D eigenvalue weighted by atomic mass is 16.4. The molecule has 2 N–H and O–H groups in total. The first-order chi connectivity index (χ1) is 10.8. The zero-order chi connectivity index (χ0) is 17.1. The van der Waals surface area contributed by atoms with Gasteiger partial charge in [-0.1, -0.05) is 29.8 Å². The van der Waals surface area contributed by atoms with Gasteiger partial charge in [-0.15, -0.1) is 0 Å². The highest BCUT2D eigenvalue weighted by Gasteiger charge is 2.15. The largest absolute Gasteiger partial charge is 0.481 e. The Balaban J connectivity index is 2.20. The van der Waals surface area contributed by atoms with Gasteiger partial charge in [0.25, 0.3) is 5.91 Å². The fraction of sp³-hybridized carbons (Fsp3) is 0.263. The maximum Gasteiger partial charge on any atom is 0.310 e. The van der Waals surface area contributed by atoms with E-state index in [1.165, 1.54) is 0 Å². The van der Waals surface area contributed by atoms with E-state index in [1.807, 2.05) is 32.9 Å². The van der Waals surface area contributed by atoms with Gasteiger partial charge in [0.05, 0.1) is 5.92 Å². The molecule has 23 heavy (non-hydrogen) atoms. The molecule has 4 heteroatoms. The van der Waals surface area contributed by atoms with Crippen LogP contribution < -0.4 is 5.32 Å². The molecule has 0 aromatic heterocycles. The Kier molecular flexibility index (Phi) is 4.84. The second kappa shape index (κ2) is 6.65. The molecule has 0 saturated carbocycles. The number of aryl methyl sites for hydroxylation is 3. The van der Waals surface area contributed by atoms with Crippen molar-refractivity contribution in [3.63, 3.8) is 0 Å². The van der Waals surface area contributed by atoms with Crippen molar-refractivity contribution in [2.24, 2.45) is 0 Å². The number of carbonyl (C=O) groups excluding carboxylic acids is 1. The number of amides is 1. The normalized spacial score (nSPS) is 11.8. The Morgan fingerprint density at radius 2 is 1.52 bits per heavy atom. The highest BCUT2D eigenvalue weighted by molar-refractivity contribution is 6.06. The molecule has 2 aromatic carbocycles. The quantitative estimate of drug-likeness (QED) is 0.895. The number of carboxylic acids is 1. The first kappa shape index (κ1) is 16.7. The molecule has 0 fully saturated rings. The Hall–Kier alpha value is -2.62. The maximum absolute atomic E-state index is 12.5. The molecule has 0 spiro atoms. The number of carboxylic acid groups (broad SMARTS) is 1. The Morgan fingerprint density at radius 1 is 1.00 bits per heavy atom. The zero-order valence-corrected chi connectivity index (χ0v) is 13.8. The van der Waals surface area contributed by atoms with Crippen LogP contribution in [0.15, 0.2) is 36.4 Å². The van der Waals surface area contributed by atoms with Crippen LogP contribution in [0.25, 0.3) is 0 Å². The summed E-state index contributed by atoms with van der Waals surface area (Å²) in [6, 6.07) is 10.9. The molecule has 0 aliphatic carbocycles. The van der Waals surface area contributed by atoms with Gasteiger partial charge < -0.3 is 10.4 Å². The van der Waals surface area contributed by atoms with Crippen LogP contribution >= 0.6 is 0 Å². The predicted octanol–water partition coefficient (Wildman–Crippen LogP) is 4.05. The predicted molar refractivity (Wildman–Crippen MR) is 91.1 cm³/mol. The third-order valence-corrected chi connectivity index (χ3v) is 3.94. The minimum atomic E-state index is -0.868. The summed E-state index contributed by atoms with van der Waals surface area (Å²) in [5.74, 6) is -1.59. The van der Waals surface area contributed by atoms with Crippen molar-refractivity contribution < 1.29 is 14.7 Å². The molecule has 4 nitrogen and oxygen atoms in total. The SMILES string of the molecule is Cc1cc(C)c(C(=O)Nc2ccc(C(C)C(=O)O)cc2)c(C)c1. The molecule has 0 radical (unpaired) electrons. The van der Waals surface area contributed by atoms with Crippen molar-refractivity contribution in [1.82, 2.24) is 0 Å². The van der Waals surface area contributed by atoms with Gasteiger partial charge in [0.15, 0.2) is 0 Å². The molecule has 0 saturated heterocycles. The van der Waals surface area contributed by atoms with E-state index in [2.05, 4.69) is 5.32 Å². The van der Waals surface area contributed by atoms with E-state index in [1.54, 1.807) is 31.2 Å². The van der Waals surface area contributed by atoms with Crippen LogP contribution in [0, 0.1) is 20.8 Å². The Labute approximate surface area is 136 Å². The second-order valence-electron chi connectivity index (χ2n) is 5.91. The first-order valence-electron chi connectivity index (χ1n) is 7.51. The number of hydrogen-bond acceptors (Lipinski definition) is 2. The minimum Gasteiger partial charge on any atom is -0.481 e. The van der Waals surface area contributed by atoms with Gasteiger partial charge in [-0.25, -0.2) is 0 Å². The number of aliphatic carboxylic acids is 1. The first-order valence-corrected chi connectivity index (χ1v) is 7.51. The summed E-state index contributed by atoms with van der Waals surface area (Å²) in [5.41, 5.74) is 5.04. The Bertz CT molecular complexity index is 725. The zero-order valence-electron chi connectivity index (χ0n) is 13.8. The third kappa shape index (κ3) is 3.77. The standard InChI is InChI=1S/C19H21NO3/c1-11-9-12(2)17(13(3)10-11)18(21)20-16-7-5-15(6-8-16)14(4)19(22)23/h5-10,14H,1-4H3,(H,20,21)(H,22,23). The molecule has 2 aromatic rings. The molecule has 1 atom stereocenters. The fourth-order valence-corrected chi connectivity index (χ4v) is 2.73. The van der Waals surface area contributed by atoms with Crippen molar-refractivity contribution in [3.8, 4) is 0 Å². The van der Waals surface area contributed by atoms with Gasteiger partial charge in [0, 0.05) is 11.3 Å². The van der Waals surface area contributed by atoms with E-state index in [0.717, 1.165) is 16.7 Å². The van der Waals surface area contributed by atoms with Crippen molar-refractivity contribution in [1.29, 1.82) is 0 Å².